The van der Waals surface area contributed by atoms with Gasteiger partial charge in [0.2, 0.25) is 0 Å². The van der Waals surface area contributed by atoms with Gasteiger partial charge in [-0.2, -0.15) is 11.8 Å². The van der Waals surface area contributed by atoms with Gasteiger partial charge in [-0.3, -0.25) is 4.79 Å². The van der Waals surface area contributed by atoms with Crippen molar-refractivity contribution in [3.8, 4) is 0 Å². The van der Waals surface area contributed by atoms with Gasteiger partial charge in [0.1, 0.15) is 0 Å². The molecular weight excluding hydrogens is 304 g/mol. The summed E-state index contributed by atoms with van der Waals surface area (Å²) in [5.74, 6) is 1.08. The largest absolute Gasteiger partial charge is 0.481 e. The van der Waals surface area contributed by atoms with Crippen LogP contribution in [0.15, 0.2) is 36.0 Å². The van der Waals surface area contributed by atoms with E-state index in [0.29, 0.717) is 0 Å². The van der Waals surface area contributed by atoms with E-state index in [1.54, 1.807) is 11.8 Å². The molecule has 0 fully saturated rings. The summed E-state index contributed by atoms with van der Waals surface area (Å²) < 4.78 is 2.11. The standard InChI is InChI=1S/C15H18N2O2S2/c1-3-7-20-8-6-17-13-5-4-11(2)9-12(13)16-15(17)21-10-14(18)19/h3-5,9H,1,6-8,10H2,2H3,(H,18,19). The van der Waals surface area contributed by atoms with Gasteiger partial charge in [0.25, 0.3) is 0 Å². The van der Waals surface area contributed by atoms with Gasteiger partial charge in [-0.05, 0) is 24.6 Å². The summed E-state index contributed by atoms with van der Waals surface area (Å²) in [5.41, 5.74) is 3.15. The van der Waals surface area contributed by atoms with Crippen molar-refractivity contribution in [2.75, 3.05) is 17.3 Å². The summed E-state index contributed by atoms with van der Waals surface area (Å²) >= 11 is 3.08. The molecule has 0 aliphatic carbocycles. The van der Waals surface area contributed by atoms with E-state index >= 15 is 0 Å². The van der Waals surface area contributed by atoms with Crippen LogP contribution in [-0.2, 0) is 11.3 Å². The molecule has 2 aromatic rings. The molecule has 0 unspecified atom stereocenters. The third kappa shape index (κ3) is 4.28. The lowest BCUT2D eigenvalue weighted by Crippen LogP contribution is -2.05. The lowest BCUT2D eigenvalue weighted by molar-refractivity contribution is -0.133. The highest BCUT2D eigenvalue weighted by atomic mass is 32.2. The van der Waals surface area contributed by atoms with Gasteiger partial charge in [0, 0.05) is 18.1 Å². The first-order valence-corrected chi connectivity index (χ1v) is 8.76. The number of carbonyl (C=O) groups is 1. The minimum atomic E-state index is -0.823. The van der Waals surface area contributed by atoms with Crippen molar-refractivity contribution in [3.05, 3.63) is 36.4 Å². The summed E-state index contributed by atoms with van der Waals surface area (Å²) in [6.45, 7) is 6.56. The number of imidazole rings is 1. The number of aryl methyl sites for hydroxylation is 2. The van der Waals surface area contributed by atoms with Gasteiger partial charge < -0.3 is 9.67 Å². The summed E-state index contributed by atoms with van der Waals surface area (Å²) in [6.07, 6.45) is 1.89. The number of rotatable bonds is 8. The third-order valence-corrected chi connectivity index (χ3v) is 4.79. The zero-order valence-corrected chi connectivity index (χ0v) is 13.5. The Morgan fingerprint density at radius 3 is 3.05 bits per heavy atom. The van der Waals surface area contributed by atoms with Gasteiger partial charge in [-0.15, -0.1) is 6.58 Å². The molecule has 6 heteroatoms. The molecule has 1 heterocycles. The normalized spacial score (nSPS) is 10.9. The average Bonchev–Trinajstić information content (AvgIpc) is 2.78. The maximum atomic E-state index is 10.8. The van der Waals surface area contributed by atoms with Gasteiger partial charge >= 0.3 is 5.97 Å². The minimum absolute atomic E-state index is 0.0299. The van der Waals surface area contributed by atoms with Crippen LogP contribution in [0.2, 0.25) is 0 Å². The Balaban J connectivity index is 2.25. The third-order valence-electron chi connectivity index (χ3n) is 2.89. The summed E-state index contributed by atoms with van der Waals surface area (Å²) in [6, 6.07) is 6.15. The Hall–Kier alpha value is -1.40. The predicted molar refractivity (Wildman–Crippen MR) is 90.4 cm³/mol. The molecule has 0 atom stereocenters. The molecule has 0 saturated carbocycles. The molecule has 1 aromatic carbocycles. The van der Waals surface area contributed by atoms with Crippen molar-refractivity contribution in [3.63, 3.8) is 0 Å². The zero-order chi connectivity index (χ0) is 15.2. The summed E-state index contributed by atoms with van der Waals surface area (Å²) in [5, 5.41) is 9.63. The Morgan fingerprint density at radius 2 is 2.33 bits per heavy atom. The van der Waals surface area contributed by atoms with E-state index < -0.39 is 5.97 Å². The second kappa shape index (κ2) is 7.56. The quantitative estimate of drug-likeness (QED) is 0.458. The zero-order valence-electron chi connectivity index (χ0n) is 11.9. The molecule has 0 aliphatic heterocycles. The smallest absolute Gasteiger partial charge is 0.313 e. The second-order valence-corrected chi connectivity index (χ2v) is 6.68. The number of hydrogen-bond donors (Lipinski definition) is 1. The highest BCUT2D eigenvalue weighted by Crippen LogP contribution is 2.25. The Kier molecular flexibility index (Phi) is 5.76. The minimum Gasteiger partial charge on any atom is -0.481 e. The molecule has 21 heavy (non-hydrogen) atoms. The van der Waals surface area contributed by atoms with E-state index in [0.717, 1.165) is 39.8 Å². The van der Waals surface area contributed by atoms with Crippen molar-refractivity contribution in [2.45, 2.75) is 18.6 Å². The first-order valence-electron chi connectivity index (χ1n) is 6.62. The molecule has 0 amide bonds. The molecule has 0 radical (unpaired) electrons. The lowest BCUT2D eigenvalue weighted by Gasteiger charge is -2.07. The molecule has 4 nitrogen and oxygen atoms in total. The fraction of sp³-hybridized carbons (Fsp3) is 0.333. The van der Waals surface area contributed by atoms with Gasteiger partial charge in [-0.25, -0.2) is 4.98 Å². The number of nitrogens with zero attached hydrogens (tertiary/aromatic N) is 2. The SMILES string of the molecule is C=CCSCCn1c(SCC(=O)O)nc2cc(C)ccc21. The number of aromatic nitrogens is 2. The summed E-state index contributed by atoms with van der Waals surface area (Å²) in [4.78, 5) is 15.4. The lowest BCUT2D eigenvalue weighted by atomic mass is 10.2. The molecule has 0 saturated heterocycles. The van der Waals surface area contributed by atoms with E-state index in [9.17, 15) is 4.79 Å². The molecule has 1 aromatic heterocycles. The van der Waals surface area contributed by atoms with Gasteiger partial charge in [0.15, 0.2) is 5.16 Å². The number of hydrogen-bond acceptors (Lipinski definition) is 4. The van der Waals surface area contributed by atoms with Crippen molar-refractivity contribution >= 4 is 40.5 Å². The van der Waals surface area contributed by atoms with Crippen LogP contribution in [0.1, 0.15) is 5.56 Å². The van der Waals surface area contributed by atoms with Crippen LogP contribution in [0.5, 0.6) is 0 Å². The molecule has 0 spiro atoms. The molecule has 1 N–H and O–H groups in total. The monoisotopic (exact) mass is 322 g/mol. The van der Waals surface area contributed by atoms with E-state index in [1.807, 2.05) is 19.1 Å². The maximum absolute atomic E-state index is 10.8. The van der Waals surface area contributed by atoms with Crippen LogP contribution >= 0.6 is 23.5 Å². The van der Waals surface area contributed by atoms with Gasteiger partial charge in [0.05, 0.1) is 16.8 Å². The Bertz CT molecular complexity index is 652. The number of fused-ring (bicyclic) bond motifs is 1. The van der Waals surface area contributed by atoms with Crippen LogP contribution in [0.3, 0.4) is 0 Å². The van der Waals surface area contributed by atoms with Crippen molar-refractivity contribution in [1.29, 1.82) is 0 Å². The number of aliphatic carboxylic acids is 1. The van der Waals surface area contributed by atoms with Crippen LogP contribution < -0.4 is 0 Å². The number of benzene rings is 1. The van der Waals surface area contributed by atoms with E-state index in [4.69, 9.17) is 5.11 Å². The maximum Gasteiger partial charge on any atom is 0.313 e. The van der Waals surface area contributed by atoms with Crippen molar-refractivity contribution < 1.29 is 9.90 Å². The average molecular weight is 322 g/mol. The highest BCUT2D eigenvalue weighted by Gasteiger charge is 2.12. The van der Waals surface area contributed by atoms with Crippen LogP contribution in [0.25, 0.3) is 11.0 Å². The molecule has 0 aliphatic rings. The predicted octanol–water partition coefficient (Wildman–Crippen LogP) is 3.44. The van der Waals surface area contributed by atoms with Crippen molar-refractivity contribution in [1.82, 2.24) is 9.55 Å². The molecular formula is C15H18N2O2S2. The van der Waals surface area contributed by atoms with Crippen molar-refractivity contribution in [2.24, 2.45) is 0 Å². The first kappa shape index (κ1) is 16.0. The first-order chi connectivity index (χ1) is 10.1. The van der Waals surface area contributed by atoms with E-state index in [2.05, 4.69) is 28.3 Å². The molecule has 2 rings (SSSR count). The highest BCUT2D eigenvalue weighted by molar-refractivity contribution is 8.00. The summed E-state index contributed by atoms with van der Waals surface area (Å²) in [7, 11) is 0. The molecule has 0 bridgehead atoms. The van der Waals surface area contributed by atoms with Crippen LogP contribution in [-0.4, -0.2) is 37.9 Å². The van der Waals surface area contributed by atoms with E-state index in [-0.39, 0.29) is 5.75 Å². The molecule has 112 valence electrons. The van der Waals surface area contributed by atoms with Crippen LogP contribution in [0.4, 0.5) is 0 Å². The topological polar surface area (TPSA) is 55.1 Å². The van der Waals surface area contributed by atoms with E-state index in [1.165, 1.54) is 11.8 Å². The fourth-order valence-corrected chi connectivity index (χ4v) is 3.40. The number of carboxylic acid groups (broad SMARTS) is 1. The fourth-order valence-electron chi connectivity index (χ4n) is 1.99. The Morgan fingerprint density at radius 1 is 1.52 bits per heavy atom. The number of thioether (sulfide) groups is 2. The van der Waals surface area contributed by atoms with Crippen LogP contribution in [0, 0.1) is 6.92 Å². The Labute approximate surface area is 132 Å². The second-order valence-electron chi connectivity index (χ2n) is 4.58. The number of carboxylic acids is 1. The van der Waals surface area contributed by atoms with Gasteiger partial charge in [-0.1, -0.05) is 23.9 Å².